The molecule has 4 nitrogen and oxygen atoms in total. The van der Waals surface area contributed by atoms with Crippen molar-refractivity contribution in [2.45, 2.75) is 6.92 Å². The van der Waals surface area contributed by atoms with Gasteiger partial charge in [0.15, 0.2) is 0 Å². The summed E-state index contributed by atoms with van der Waals surface area (Å²) in [4.78, 5) is 10.3. The van der Waals surface area contributed by atoms with Gasteiger partial charge in [-0.2, -0.15) is 5.10 Å². The van der Waals surface area contributed by atoms with Gasteiger partial charge in [0.1, 0.15) is 0 Å². The van der Waals surface area contributed by atoms with Crippen LogP contribution in [-0.2, 0) is 4.79 Å². The third-order valence-corrected chi connectivity index (χ3v) is 1.86. The number of nitrogens with zero attached hydrogens (tertiary/aromatic N) is 1. The molecular formula is C12H13N2NaO2. The molecule has 1 rings (SSSR count). The molecule has 84 valence electrons. The van der Waals surface area contributed by atoms with E-state index in [0.717, 1.165) is 5.56 Å². The molecular weight excluding hydrogens is 227 g/mol. The quantitative estimate of drug-likeness (QED) is 0.266. The predicted octanol–water partition coefficient (Wildman–Crippen LogP) is -2.58. The van der Waals surface area contributed by atoms with Crippen LogP contribution >= 0.6 is 0 Å². The average molecular weight is 240 g/mol. The Bertz CT molecular complexity index is 402. The zero-order valence-corrected chi connectivity index (χ0v) is 12.0. The molecule has 0 saturated heterocycles. The van der Waals surface area contributed by atoms with Crippen molar-refractivity contribution in [1.29, 1.82) is 0 Å². The number of carbonyl (C=O) groups is 1. The van der Waals surface area contributed by atoms with Gasteiger partial charge >= 0.3 is 29.6 Å². The van der Waals surface area contributed by atoms with E-state index in [-0.39, 0.29) is 35.3 Å². The number of hydrazone groups is 1. The van der Waals surface area contributed by atoms with Crippen LogP contribution in [0.15, 0.2) is 41.5 Å². The molecule has 0 spiro atoms. The standard InChI is InChI=1S/C12H14N2O2.Na/c1-10(12(15)16)14-13-9-5-8-11-6-3-2-4-7-11;/h2-8,13H,9H2,1H3,(H,15,16);/q;+1/p-1/b8-5+,14-10-;. The number of carboxylic acid groups (broad SMARTS) is 1. The fourth-order valence-electron chi connectivity index (χ4n) is 1.02. The fourth-order valence-corrected chi connectivity index (χ4v) is 1.02. The van der Waals surface area contributed by atoms with Gasteiger partial charge in [0.25, 0.3) is 0 Å². The molecule has 0 aliphatic rings. The van der Waals surface area contributed by atoms with Gasteiger partial charge in [-0.3, -0.25) is 0 Å². The van der Waals surface area contributed by atoms with Gasteiger partial charge in [0.2, 0.25) is 0 Å². The summed E-state index contributed by atoms with van der Waals surface area (Å²) in [5.41, 5.74) is 3.64. The van der Waals surface area contributed by atoms with Crippen LogP contribution in [0, 0.1) is 0 Å². The van der Waals surface area contributed by atoms with E-state index >= 15 is 0 Å². The van der Waals surface area contributed by atoms with Crippen molar-refractivity contribution in [2.75, 3.05) is 6.54 Å². The Hall–Kier alpha value is -1.10. The van der Waals surface area contributed by atoms with E-state index in [4.69, 9.17) is 0 Å². The van der Waals surface area contributed by atoms with E-state index in [1.807, 2.05) is 42.5 Å². The Morgan fingerprint density at radius 2 is 2.06 bits per heavy atom. The van der Waals surface area contributed by atoms with Crippen LogP contribution in [0.3, 0.4) is 0 Å². The second kappa shape index (κ2) is 8.98. The topological polar surface area (TPSA) is 64.5 Å². The Morgan fingerprint density at radius 3 is 2.65 bits per heavy atom. The minimum atomic E-state index is -1.26. The molecule has 0 fully saturated rings. The minimum Gasteiger partial charge on any atom is -0.543 e. The molecule has 1 N–H and O–H groups in total. The number of benzene rings is 1. The van der Waals surface area contributed by atoms with Crippen LogP contribution in [-0.4, -0.2) is 18.2 Å². The van der Waals surface area contributed by atoms with E-state index in [9.17, 15) is 9.90 Å². The molecule has 17 heavy (non-hydrogen) atoms. The summed E-state index contributed by atoms with van der Waals surface area (Å²) in [5, 5.41) is 13.9. The average Bonchev–Trinajstić information content (AvgIpc) is 2.29. The second-order valence-electron chi connectivity index (χ2n) is 3.16. The van der Waals surface area contributed by atoms with E-state index in [2.05, 4.69) is 10.5 Å². The normalized spacial score (nSPS) is 11.0. The molecule has 0 unspecified atom stereocenters. The van der Waals surface area contributed by atoms with E-state index in [1.165, 1.54) is 6.92 Å². The van der Waals surface area contributed by atoms with Crippen LogP contribution in [0.2, 0.25) is 0 Å². The van der Waals surface area contributed by atoms with Gasteiger partial charge in [-0.15, -0.1) is 0 Å². The molecule has 5 heteroatoms. The maximum Gasteiger partial charge on any atom is 1.00 e. The number of aliphatic carboxylic acids is 1. The van der Waals surface area contributed by atoms with Crippen molar-refractivity contribution in [2.24, 2.45) is 5.10 Å². The molecule has 0 saturated carbocycles. The Balaban J connectivity index is 0.00000256. The smallest absolute Gasteiger partial charge is 0.543 e. The number of carboxylic acids is 1. The van der Waals surface area contributed by atoms with Gasteiger partial charge in [0, 0.05) is 0 Å². The maximum atomic E-state index is 10.3. The largest absolute Gasteiger partial charge is 1.00 e. The molecule has 0 atom stereocenters. The Labute approximate surface area is 123 Å². The molecule has 0 radical (unpaired) electrons. The zero-order valence-electron chi connectivity index (χ0n) is 10.0. The van der Waals surface area contributed by atoms with Gasteiger partial charge in [-0.1, -0.05) is 42.5 Å². The number of rotatable bonds is 5. The summed E-state index contributed by atoms with van der Waals surface area (Å²) in [7, 11) is 0. The van der Waals surface area contributed by atoms with Gasteiger partial charge < -0.3 is 15.3 Å². The molecule has 0 heterocycles. The molecule has 0 bridgehead atoms. The van der Waals surface area contributed by atoms with Crippen LogP contribution in [0.5, 0.6) is 0 Å². The van der Waals surface area contributed by atoms with Gasteiger partial charge in [0.05, 0.1) is 18.2 Å². The third-order valence-electron chi connectivity index (χ3n) is 1.86. The van der Waals surface area contributed by atoms with Crippen molar-refractivity contribution in [3.05, 3.63) is 42.0 Å². The van der Waals surface area contributed by atoms with Crippen molar-refractivity contribution >= 4 is 17.8 Å². The number of carbonyl (C=O) groups excluding carboxylic acids is 1. The van der Waals surface area contributed by atoms with E-state index in [0.29, 0.717) is 6.54 Å². The molecule has 1 aromatic rings. The molecule has 1 aromatic carbocycles. The van der Waals surface area contributed by atoms with E-state index in [1.54, 1.807) is 0 Å². The first-order valence-corrected chi connectivity index (χ1v) is 4.90. The van der Waals surface area contributed by atoms with Crippen LogP contribution in [0.25, 0.3) is 6.08 Å². The first-order chi connectivity index (χ1) is 7.70. The summed E-state index contributed by atoms with van der Waals surface area (Å²) in [6.07, 6.45) is 3.79. The summed E-state index contributed by atoms with van der Waals surface area (Å²) >= 11 is 0. The first-order valence-electron chi connectivity index (χ1n) is 4.90. The SMILES string of the molecule is C/C(=N/NC/C=C/c1ccccc1)C(=O)[O-].[Na+]. The summed E-state index contributed by atoms with van der Waals surface area (Å²) in [5.74, 6) is -1.26. The summed E-state index contributed by atoms with van der Waals surface area (Å²) < 4.78 is 0. The monoisotopic (exact) mass is 240 g/mol. The number of hydrogen-bond donors (Lipinski definition) is 1. The van der Waals surface area contributed by atoms with Gasteiger partial charge in [-0.05, 0) is 12.5 Å². The number of nitrogens with one attached hydrogen (secondary N) is 1. The molecule has 0 aromatic heterocycles. The first kappa shape index (κ1) is 15.9. The van der Waals surface area contributed by atoms with Crippen molar-refractivity contribution in [3.8, 4) is 0 Å². The zero-order chi connectivity index (χ0) is 11.8. The summed E-state index contributed by atoms with van der Waals surface area (Å²) in [6.45, 7) is 1.85. The van der Waals surface area contributed by atoms with Gasteiger partial charge in [-0.25, -0.2) is 0 Å². The Morgan fingerprint density at radius 1 is 1.41 bits per heavy atom. The van der Waals surface area contributed by atoms with Crippen molar-refractivity contribution < 1.29 is 39.5 Å². The fraction of sp³-hybridized carbons (Fsp3) is 0.167. The van der Waals surface area contributed by atoms with Crippen molar-refractivity contribution in [1.82, 2.24) is 5.43 Å². The number of hydrogen-bond acceptors (Lipinski definition) is 4. The maximum absolute atomic E-state index is 10.3. The predicted molar refractivity (Wildman–Crippen MR) is 61.6 cm³/mol. The van der Waals surface area contributed by atoms with E-state index < -0.39 is 5.97 Å². The third kappa shape index (κ3) is 6.94. The molecule has 0 amide bonds. The van der Waals surface area contributed by atoms with Crippen LogP contribution in [0.1, 0.15) is 12.5 Å². The van der Waals surface area contributed by atoms with Crippen LogP contribution < -0.4 is 40.1 Å². The minimum absolute atomic E-state index is 0. The van der Waals surface area contributed by atoms with Crippen LogP contribution in [0.4, 0.5) is 0 Å². The molecule has 0 aliphatic carbocycles. The van der Waals surface area contributed by atoms with Crippen molar-refractivity contribution in [3.63, 3.8) is 0 Å². The molecule has 0 aliphatic heterocycles. The second-order valence-corrected chi connectivity index (χ2v) is 3.16. The Kier molecular flexibility index (Phi) is 8.40. The summed E-state index contributed by atoms with van der Waals surface area (Å²) in [6, 6.07) is 9.80.